The van der Waals surface area contributed by atoms with Crippen LogP contribution in [0.5, 0.6) is 0 Å². The van der Waals surface area contributed by atoms with Gasteiger partial charge in [-0.3, -0.25) is 9.69 Å². The molecule has 7 nitrogen and oxygen atoms in total. The van der Waals surface area contributed by atoms with E-state index in [1.807, 2.05) is 0 Å². The van der Waals surface area contributed by atoms with Crippen molar-refractivity contribution in [3.8, 4) is 11.3 Å². The first-order valence-electron chi connectivity index (χ1n) is 8.34. The molecule has 4 heterocycles. The second kappa shape index (κ2) is 7.32. The summed E-state index contributed by atoms with van der Waals surface area (Å²) in [5, 5.41) is 15.7. The lowest BCUT2D eigenvalue weighted by Crippen LogP contribution is -2.28. The molecule has 0 radical (unpaired) electrons. The van der Waals surface area contributed by atoms with E-state index in [0.29, 0.717) is 36.5 Å². The highest BCUT2D eigenvalue weighted by Gasteiger charge is 2.33. The largest absolute Gasteiger partial charge is 0.295 e. The number of carbonyl (C=O) groups is 1. The van der Waals surface area contributed by atoms with Crippen LogP contribution in [-0.4, -0.2) is 37.8 Å². The maximum Gasteiger partial charge on any atom is 0.231 e. The van der Waals surface area contributed by atoms with Gasteiger partial charge in [-0.1, -0.05) is 11.6 Å². The van der Waals surface area contributed by atoms with Crippen LogP contribution in [-0.2, 0) is 11.2 Å². The highest BCUT2D eigenvalue weighted by atomic mass is 35.5. The fraction of sp³-hybridized carbons (Fsp3) is 0.222. The molecule has 0 aliphatic carbocycles. The maximum absolute atomic E-state index is 13.6. The summed E-state index contributed by atoms with van der Waals surface area (Å²) in [6.45, 7) is 0.540. The average molecular weight is 385 g/mol. The molecule has 1 aliphatic heterocycles. The topological polar surface area (TPSA) is 84.8 Å². The van der Waals surface area contributed by atoms with Crippen LogP contribution in [0.4, 0.5) is 10.2 Å². The highest BCUT2D eigenvalue weighted by Crippen LogP contribution is 2.27. The van der Waals surface area contributed by atoms with Crippen molar-refractivity contribution in [3.05, 3.63) is 59.4 Å². The van der Waals surface area contributed by atoms with E-state index in [-0.39, 0.29) is 17.0 Å². The van der Waals surface area contributed by atoms with Gasteiger partial charge in [0.15, 0.2) is 16.8 Å². The fourth-order valence-corrected chi connectivity index (χ4v) is 3.18. The van der Waals surface area contributed by atoms with Crippen LogP contribution in [0.15, 0.2) is 42.9 Å². The predicted molar refractivity (Wildman–Crippen MR) is 96.4 cm³/mol. The Labute approximate surface area is 159 Å². The van der Waals surface area contributed by atoms with Gasteiger partial charge in [-0.15, -0.1) is 10.2 Å². The molecule has 1 saturated heterocycles. The van der Waals surface area contributed by atoms with E-state index < -0.39 is 5.82 Å². The molecule has 0 aromatic carbocycles. The van der Waals surface area contributed by atoms with E-state index in [1.165, 1.54) is 12.3 Å². The summed E-state index contributed by atoms with van der Waals surface area (Å²) in [7, 11) is 0. The number of hydrogen-bond donors (Lipinski definition) is 0. The van der Waals surface area contributed by atoms with Crippen molar-refractivity contribution in [3.63, 3.8) is 0 Å². The Bertz CT molecular complexity index is 969. The molecule has 0 saturated carbocycles. The molecule has 0 N–H and O–H groups in total. The van der Waals surface area contributed by atoms with Crippen molar-refractivity contribution >= 4 is 23.3 Å². The van der Waals surface area contributed by atoms with Gasteiger partial charge in [-0.25, -0.2) is 9.37 Å². The standard InChI is InChI=1S/C18H14ClFN6O/c19-17-14(20)8-11(9-21-17)7-12-4-6-26(18(12)27)16-2-1-15(24-25-16)13-3-5-22-23-10-13/h1-3,5,8-10,12H,4,6-7H2/t12-/m0/s1. The normalized spacial score (nSPS) is 16.7. The molecule has 3 aromatic heterocycles. The van der Waals surface area contributed by atoms with E-state index in [1.54, 1.807) is 35.5 Å². The van der Waals surface area contributed by atoms with Crippen molar-refractivity contribution in [2.75, 3.05) is 11.4 Å². The van der Waals surface area contributed by atoms with Crippen molar-refractivity contribution in [2.24, 2.45) is 5.92 Å². The van der Waals surface area contributed by atoms with Crippen molar-refractivity contribution in [1.82, 2.24) is 25.4 Å². The van der Waals surface area contributed by atoms with Crippen LogP contribution in [0, 0.1) is 11.7 Å². The molecule has 4 rings (SSSR count). The van der Waals surface area contributed by atoms with Crippen molar-refractivity contribution < 1.29 is 9.18 Å². The van der Waals surface area contributed by atoms with Crippen LogP contribution in [0.3, 0.4) is 0 Å². The summed E-state index contributed by atoms with van der Waals surface area (Å²) < 4.78 is 13.6. The van der Waals surface area contributed by atoms with Crippen LogP contribution in [0.25, 0.3) is 11.3 Å². The molecular formula is C18H14ClFN6O. The number of carbonyl (C=O) groups excluding carboxylic acids is 1. The fourth-order valence-electron chi connectivity index (χ4n) is 3.08. The van der Waals surface area contributed by atoms with E-state index in [2.05, 4.69) is 25.4 Å². The Morgan fingerprint density at radius 1 is 1.19 bits per heavy atom. The van der Waals surface area contributed by atoms with Gasteiger partial charge < -0.3 is 0 Å². The summed E-state index contributed by atoms with van der Waals surface area (Å²) >= 11 is 5.60. The molecule has 136 valence electrons. The van der Waals surface area contributed by atoms with Crippen LogP contribution in [0.2, 0.25) is 5.15 Å². The van der Waals surface area contributed by atoms with Gasteiger partial charge in [0.1, 0.15) is 0 Å². The monoisotopic (exact) mass is 384 g/mol. The molecule has 0 spiro atoms. The van der Waals surface area contributed by atoms with Crippen molar-refractivity contribution in [1.29, 1.82) is 0 Å². The summed E-state index contributed by atoms with van der Waals surface area (Å²) in [6, 6.07) is 6.65. The molecule has 1 aliphatic rings. The maximum atomic E-state index is 13.6. The number of amides is 1. The van der Waals surface area contributed by atoms with E-state index >= 15 is 0 Å². The van der Waals surface area contributed by atoms with Gasteiger partial charge in [-0.05, 0) is 42.7 Å². The molecule has 27 heavy (non-hydrogen) atoms. The zero-order chi connectivity index (χ0) is 18.8. The molecule has 9 heteroatoms. The van der Waals surface area contributed by atoms with Crippen LogP contribution < -0.4 is 4.90 Å². The second-order valence-electron chi connectivity index (χ2n) is 6.20. The molecule has 0 unspecified atom stereocenters. The molecule has 1 atom stereocenters. The Kier molecular flexibility index (Phi) is 4.72. The third-order valence-corrected chi connectivity index (χ3v) is 4.74. The van der Waals surface area contributed by atoms with E-state index in [4.69, 9.17) is 11.6 Å². The first kappa shape index (κ1) is 17.4. The minimum Gasteiger partial charge on any atom is -0.295 e. The number of aromatic nitrogens is 5. The number of rotatable bonds is 4. The lowest BCUT2D eigenvalue weighted by Gasteiger charge is -2.15. The molecule has 3 aromatic rings. The Hall–Kier alpha value is -3.00. The summed E-state index contributed by atoms with van der Waals surface area (Å²) in [5.41, 5.74) is 2.09. The van der Waals surface area contributed by atoms with E-state index in [9.17, 15) is 9.18 Å². The average Bonchev–Trinajstić information content (AvgIpc) is 3.06. The van der Waals surface area contributed by atoms with Gasteiger partial charge >= 0.3 is 0 Å². The Balaban J connectivity index is 1.47. The predicted octanol–water partition coefficient (Wildman–Crippen LogP) is 2.72. The molecule has 0 bridgehead atoms. The minimum atomic E-state index is -0.580. The lowest BCUT2D eigenvalue weighted by atomic mass is 9.99. The minimum absolute atomic E-state index is 0.0574. The second-order valence-corrected chi connectivity index (χ2v) is 6.56. The zero-order valence-electron chi connectivity index (χ0n) is 14.1. The number of anilines is 1. The van der Waals surface area contributed by atoms with E-state index in [0.717, 1.165) is 5.56 Å². The number of pyridine rings is 1. The molecule has 1 amide bonds. The SMILES string of the molecule is O=C1[C@H](Cc2cnc(Cl)c(F)c2)CCN1c1ccc(-c2ccnnc2)nn1. The Morgan fingerprint density at radius 3 is 2.78 bits per heavy atom. The number of halogens is 2. The van der Waals surface area contributed by atoms with Gasteiger partial charge in [-0.2, -0.15) is 10.2 Å². The zero-order valence-corrected chi connectivity index (χ0v) is 14.8. The van der Waals surface area contributed by atoms with Gasteiger partial charge in [0.2, 0.25) is 5.91 Å². The van der Waals surface area contributed by atoms with Gasteiger partial charge in [0, 0.05) is 24.2 Å². The highest BCUT2D eigenvalue weighted by molar-refractivity contribution is 6.29. The van der Waals surface area contributed by atoms with Crippen molar-refractivity contribution in [2.45, 2.75) is 12.8 Å². The molecular weight excluding hydrogens is 371 g/mol. The summed E-state index contributed by atoms with van der Waals surface area (Å²) in [6.07, 6.45) is 5.73. The quantitative estimate of drug-likeness (QED) is 0.643. The Morgan fingerprint density at radius 2 is 2.07 bits per heavy atom. The first-order chi connectivity index (χ1) is 13.1. The lowest BCUT2D eigenvalue weighted by molar-refractivity contribution is -0.120. The summed E-state index contributed by atoms with van der Waals surface area (Å²) in [4.78, 5) is 18.1. The smallest absolute Gasteiger partial charge is 0.231 e. The molecule has 1 fully saturated rings. The first-order valence-corrected chi connectivity index (χ1v) is 8.72. The summed E-state index contributed by atoms with van der Waals surface area (Å²) in [5.74, 6) is -0.395. The van der Waals surface area contributed by atoms with Gasteiger partial charge in [0.05, 0.1) is 18.1 Å². The number of nitrogens with zero attached hydrogens (tertiary/aromatic N) is 6. The van der Waals surface area contributed by atoms with Gasteiger partial charge in [0.25, 0.3) is 0 Å². The van der Waals surface area contributed by atoms with Crippen LogP contribution >= 0.6 is 11.6 Å². The third-order valence-electron chi connectivity index (χ3n) is 4.46. The van der Waals surface area contributed by atoms with Crippen LogP contribution in [0.1, 0.15) is 12.0 Å². The third kappa shape index (κ3) is 3.61. The number of hydrogen-bond acceptors (Lipinski definition) is 6.